The van der Waals surface area contributed by atoms with Gasteiger partial charge in [-0.25, -0.2) is 9.36 Å². The maximum atomic E-state index is 12.8. The minimum Gasteiger partial charge on any atom is -0.462 e. The topological polar surface area (TPSA) is 247 Å². The Hall–Kier alpha value is -2.54. The molecule has 0 aromatic carbocycles. The van der Waals surface area contributed by atoms with E-state index in [1.165, 1.54) is 20.8 Å². The van der Waals surface area contributed by atoms with Gasteiger partial charge in [0.25, 0.3) is 12.1 Å². The van der Waals surface area contributed by atoms with Crippen molar-refractivity contribution >= 4 is 94.5 Å². The summed E-state index contributed by atoms with van der Waals surface area (Å²) in [5.41, 5.74) is -3.67. The van der Waals surface area contributed by atoms with Crippen molar-refractivity contribution in [3.05, 3.63) is 0 Å². The van der Waals surface area contributed by atoms with Crippen LogP contribution in [0, 0.1) is 0 Å². The van der Waals surface area contributed by atoms with Gasteiger partial charge in [0.05, 0.1) is 24.1 Å². The van der Waals surface area contributed by atoms with Crippen molar-refractivity contribution in [2.45, 2.75) is 71.3 Å². The van der Waals surface area contributed by atoms with Gasteiger partial charge in [-0.05, 0) is 33.3 Å². The first kappa shape index (κ1) is 49.6. The van der Waals surface area contributed by atoms with Crippen molar-refractivity contribution in [2.24, 2.45) is 0 Å². The molecule has 0 aromatic heterocycles. The smallest absolute Gasteiger partial charge is 0.462 e. The fourth-order valence-electron chi connectivity index (χ4n) is 3.23. The van der Waals surface area contributed by atoms with E-state index in [-0.39, 0.29) is 39.0 Å². The summed E-state index contributed by atoms with van der Waals surface area (Å²) in [6, 6.07) is 0. The summed E-state index contributed by atoms with van der Waals surface area (Å²) in [5, 5.41) is 3.80. The fraction of sp³-hybridized carbons (Fsp3) is 0.704. The highest BCUT2D eigenvalue weighted by molar-refractivity contribution is 8.00. The van der Waals surface area contributed by atoms with Crippen LogP contribution in [0.3, 0.4) is 0 Å². The monoisotopic (exact) mass is 789 g/mol. The molecule has 4 unspecified atom stereocenters. The molecule has 1 aliphatic heterocycles. The van der Waals surface area contributed by atoms with Crippen LogP contribution in [0.15, 0.2) is 0 Å². The fourth-order valence-corrected chi connectivity index (χ4v) is 6.47. The Bertz CT molecular complexity index is 1230. The summed E-state index contributed by atoms with van der Waals surface area (Å²) in [5.74, 6) is -2.36. The lowest BCUT2D eigenvalue weighted by atomic mass is 10.0. The minimum absolute atomic E-state index is 0. The maximum Gasteiger partial charge on any atom is 0.472 e. The van der Waals surface area contributed by atoms with E-state index < -0.39 is 106 Å². The number of ether oxygens (including phenoxy) is 3. The molecule has 18 nitrogen and oxygen atoms in total. The number of carbonyl (C=O) groups excluding carboxylic acids is 8. The number of rotatable bonds is 21. The molecule has 284 valence electrons. The zero-order chi connectivity index (χ0) is 37.8. The molecule has 1 fully saturated rings. The van der Waals surface area contributed by atoms with Gasteiger partial charge in [0.2, 0.25) is 25.8 Å². The molecule has 0 saturated carbocycles. The molecule has 1 aliphatic rings. The summed E-state index contributed by atoms with van der Waals surface area (Å²) in [6.45, 7) is 3.22. The number of hydrogen-bond donors (Lipinski definition) is 3. The second-order valence-electron chi connectivity index (χ2n) is 10.7. The average Bonchev–Trinajstić information content (AvgIpc) is 3.24. The predicted octanol–water partition coefficient (Wildman–Crippen LogP) is 2.33. The van der Waals surface area contributed by atoms with Crippen molar-refractivity contribution < 1.29 is 71.1 Å². The normalized spacial score (nSPS) is 16.3. The molecular formula is C27H46BN3O15P2S2. The second kappa shape index (κ2) is 25.4. The molecule has 4 atom stereocenters. The number of phosphoric acid groups is 1. The molecule has 0 spiro atoms. The predicted molar refractivity (Wildman–Crippen MR) is 188 cm³/mol. The van der Waals surface area contributed by atoms with Crippen LogP contribution in [0.5, 0.6) is 0 Å². The Labute approximate surface area is 302 Å². The number of likely N-dealkylation sites (tertiary alicyclic amines) is 1. The number of amides is 4. The Morgan fingerprint density at radius 2 is 1.76 bits per heavy atom. The van der Waals surface area contributed by atoms with E-state index >= 15 is 0 Å². The van der Waals surface area contributed by atoms with Crippen molar-refractivity contribution in [1.29, 1.82) is 0 Å². The van der Waals surface area contributed by atoms with Crippen molar-refractivity contribution in [3.8, 4) is 0 Å². The van der Waals surface area contributed by atoms with Crippen LogP contribution in [0.2, 0.25) is 0 Å². The third-order valence-corrected chi connectivity index (χ3v) is 8.91. The number of esters is 1. The summed E-state index contributed by atoms with van der Waals surface area (Å²) in [7, 11) is -2.34. The van der Waals surface area contributed by atoms with Crippen LogP contribution in [-0.2, 0) is 56.6 Å². The molecular weight excluding hydrogens is 743 g/mol. The summed E-state index contributed by atoms with van der Waals surface area (Å²) >= 11 is 2.85. The molecule has 23 heteroatoms. The van der Waals surface area contributed by atoms with Crippen molar-refractivity contribution in [1.82, 2.24) is 15.3 Å². The Kier molecular flexibility index (Phi) is 25.2. The summed E-state index contributed by atoms with van der Waals surface area (Å²) in [6.07, 6.45) is 2.34. The Balaban J connectivity index is 0. The molecule has 3 N–H and O–H groups in total. The molecule has 0 aliphatic carbocycles. The lowest BCUT2D eigenvalue weighted by molar-refractivity contribution is -0.151. The van der Waals surface area contributed by atoms with Crippen LogP contribution < -0.4 is 10.4 Å². The molecule has 1 saturated heterocycles. The van der Waals surface area contributed by atoms with E-state index in [0.29, 0.717) is 0 Å². The number of nitrogens with zero attached hydrogens (tertiary/aromatic N) is 1. The molecule has 4 amide bonds. The van der Waals surface area contributed by atoms with Gasteiger partial charge in [0, 0.05) is 45.0 Å². The van der Waals surface area contributed by atoms with E-state index in [1.54, 1.807) is 11.8 Å². The molecule has 0 bridgehead atoms. The minimum atomic E-state index is -4.74. The lowest BCUT2D eigenvalue weighted by Crippen LogP contribution is -2.37. The Morgan fingerprint density at radius 3 is 2.30 bits per heavy atom. The highest BCUT2D eigenvalue weighted by Crippen LogP contribution is 2.43. The number of carbonyl (C=O) groups is 8. The number of phosphoric ester groups is 1. The second-order valence-corrected chi connectivity index (χ2v) is 15.9. The zero-order valence-corrected chi connectivity index (χ0v) is 31.4. The van der Waals surface area contributed by atoms with E-state index in [1.807, 2.05) is 12.5 Å². The van der Waals surface area contributed by atoms with Gasteiger partial charge in [-0.2, -0.15) is 11.8 Å². The van der Waals surface area contributed by atoms with Crippen LogP contribution in [0.1, 0.15) is 54.4 Å². The summed E-state index contributed by atoms with van der Waals surface area (Å²) < 4.78 is 36.0. The van der Waals surface area contributed by atoms with Crippen LogP contribution >= 0.6 is 39.4 Å². The molecule has 1 rings (SSSR count). The first-order valence-corrected chi connectivity index (χ1v) is 19.9. The van der Waals surface area contributed by atoms with Crippen LogP contribution in [-0.4, -0.2) is 133 Å². The standard InChI is InChI=1S/C24H36BN3O15P2S.C2H6S.CH4/c1-15(30)39-12-16(40-14-29)13-42-45(37,38)41-9-7-26-22(35)44(23(36)43-24(2,3)4)27-19(32)5-8-28-20(33)11-17(21(28)34)46-10-6-18(25)31;1-3-2;/h14,16-17H,5-13H2,1-4H3,(H,26,35)(H,27,32)(H,37,38);1-2H3;1H4. The van der Waals surface area contributed by atoms with Gasteiger partial charge in [-0.3, -0.25) is 42.7 Å². The summed E-state index contributed by atoms with van der Waals surface area (Å²) in [4.78, 5) is 106. The third kappa shape index (κ3) is 22.3. The van der Waals surface area contributed by atoms with Crippen molar-refractivity contribution in [3.63, 3.8) is 0 Å². The molecule has 1 heterocycles. The van der Waals surface area contributed by atoms with E-state index in [9.17, 15) is 47.8 Å². The third-order valence-electron chi connectivity index (χ3n) is 5.22. The van der Waals surface area contributed by atoms with Gasteiger partial charge >= 0.3 is 19.5 Å². The van der Waals surface area contributed by atoms with E-state index in [4.69, 9.17) is 21.6 Å². The van der Waals surface area contributed by atoms with Gasteiger partial charge < -0.3 is 34.3 Å². The number of imide groups is 1. The average molecular weight is 790 g/mol. The molecule has 50 heavy (non-hydrogen) atoms. The zero-order valence-electron chi connectivity index (χ0n) is 28.0. The van der Waals surface area contributed by atoms with E-state index in [2.05, 4.69) is 19.9 Å². The highest BCUT2D eigenvalue weighted by atomic mass is 32.2. The largest absolute Gasteiger partial charge is 0.472 e. The molecule has 0 aromatic rings. The van der Waals surface area contributed by atoms with Gasteiger partial charge in [0.15, 0.2) is 14.0 Å². The van der Waals surface area contributed by atoms with Gasteiger partial charge in [-0.15, -0.1) is 11.8 Å². The van der Waals surface area contributed by atoms with Gasteiger partial charge in [-0.1, -0.05) is 7.43 Å². The number of hydrogen-bond acceptors (Lipinski definition) is 16. The number of thioether (sulfide) groups is 2. The quantitative estimate of drug-likeness (QED) is 0.0287. The first-order valence-electron chi connectivity index (χ1n) is 14.4. The number of nitrogens with one attached hydrogen (secondary N) is 2. The first-order chi connectivity index (χ1) is 22.8. The highest BCUT2D eigenvalue weighted by Gasteiger charge is 2.39. The maximum absolute atomic E-state index is 12.8. The molecule has 2 radical (unpaired) electrons. The van der Waals surface area contributed by atoms with Crippen LogP contribution in [0.25, 0.3) is 0 Å². The van der Waals surface area contributed by atoms with Crippen LogP contribution in [0.4, 0.5) is 9.59 Å². The lowest BCUT2D eigenvalue weighted by Gasteiger charge is -2.24. The van der Waals surface area contributed by atoms with Crippen molar-refractivity contribution in [2.75, 3.05) is 51.2 Å². The Morgan fingerprint density at radius 1 is 1.14 bits per heavy atom. The van der Waals surface area contributed by atoms with E-state index in [0.717, 1.165) is 23.6 Å². The SMILES string of the molecule is C.CSC.[B]C(=O)CCSC1CC(=O)N(CCC(=O)NP(C(=O)NCCOP(=O)(O)OCC(COC(C)=O)OC=O)C(=O)OC(C)(C)C)C1=O. The van der Waals surface area contributed by atoms with Gasteiger partial charge in [0.1, 0.15) is 12.2 Å².